The Kier molecular flexibility index (Phi) is 7.39. The summed E-state index contributed by atoms with van der Waals surface area (Å²) in [5, 5.41) is 2.62. The molecule has 1 fully saturated rings. The zero-order valence-corrected chi connectivity index (χ0v) is 17.9. The Labute approximate surface area is 175 Å². The van der Waals surface area contributed by atoms with Crippen molar-refractivity contribution in [2.45, 2.75) is 71.7 Å². The number of nitrogens with one attached hydrogen (secondary N) is 1. The summed E-state index contributed by atoms with van der Waals surface area (Å²) in [5.41, 5.74) is -1.00. The highest BCUT2D eigenvalue weighted by Crippen LogP contribution is 2.30. The number of hydrogen-bond acceptors (Lipinski definition) is 4. The van der Waals surface area contributed by atoms with Gasteiger partial charge in [0.1, 0.15) is 17.8 Å². The van der Waals surface area contributed by atoms with E-state index in [0.29, 0.717) is 5.56 Å². The molecule has 0 aliphatic carbocycles. The molecule has 0 unspecified atom stereocenters. The van der Waals surface area contributed by atoms with Gasteiger partial charge in [-0.1, -0.05) is 26.0 Å². The van der Waals surface area contributed by atoms with Crippen LogP contribution in [0.4, 0.5) is 13.6 Å². The van der Waals surface area contributed by atoms with Crippen molar-refractivity contribution in [3.05, 3.63) is 29.8 Å². The molecule has 1 aromatic rings. The zero-order valence-electron chi connectivity index (χ0n) is 17.9. The summed E-state index contributed by atoms with van der Waals surface area (Å²) < 4.78 is 29.0. The van der Waals surface area contributed by atoms with Crippen molar-refractivity contribution in [3.8, 4) is 5.75 Å². The van der Waals surface area contributed by atoms with Crippen LogP contribution in [0, 0.1) is 0 Å². The van der Waals surface area contributed by atoms with Gasteiger partial charge in [0.2, 0.25) is 5.91 Å². The molecule has 4 amide bonds. The van der Waals surface area contributed by atoms with Crippen molar-refractivity contribution in [1.29, 1.82) is 0 Å². The number of hydrogen-bond donors (Lipinski definition) is 1. The first-order valence-corrected chi connectivity index (χ1v) is 10.1. The summed E-state index contributed by atoms with van der Waals surface area (Å²) in [4.78, 5) is 41.2. The second-order valence-corrected chi connectivity index (χ2v) is 7.66. The van der Waals surface area contributed by atoms with Crippen LogP contribution in [-0.2, 0) is 15.1 Å². The molecule has 9 heteroatoms. The minimum Gasteiger partial charge on any atom is -0.435 e. The third-order valence-corrected chi connectivity index (χ3v) is 5.64. The van der Waals surface area contributed by atoms with Gasteiger partial charge >= 0.3 is 12.6 Å². The second-order valence-electron chi connectivity index (χ2n) is 7.66. The average molecular weight is 425 g/mol. The van der Waals surface area contributed by atoms with Gasteiger partial charge in [-0.05, 0) is 51.3 Å². The molecule has 0 radical (unpaired) electrons. The van der Waals surface area contributed by atoms with E-state index in [9.17, 15) is 23.2 Å². The molecule has 1 aliphatic heterocycles. The minimum absolute atomic E-state index is 0.0259. The van der Waals surface area contributed by atoms with E-state index in [0.717, 1.165) is 17.7 Å². The Hall–Kier alpha value is -2.71. The highest BCUT2D eigenvalue weighted by molar-refractivity contribution is 6.09. The van der Waals surface area contributed by atoms with Crippen LogP contribution in [0.25, 0.3) is 0 Å². The molecular formula is C21H29F2N3O4. The largest absolute Gasteiger partial charge is 0.435 e. The van der Waals surface area contributed by atoms with Crippen LogP contribution in [-0.4, -0.2) is 52.9 Å². The van der Waals surface area contributed by atoms with Gasteiger partial charge in [-0.25, -0.2) is 4.79 Å². The van der Waals surface area contributed by atoms with Crippen molar-refractivity contribution < 1.29 is 27.9 Å². The summed E-state index contributed by atoms with van der Waals surface area (Å²) in [7, 11) is 0. The first-order valence-electron chi connectivity index (χ1n) is 10.1. The maximum absolute atomic E-state index is 13.1. The van der Waals surface area contributed by atoms with E-state index in [1.807, 2.05) is 27.7 Å². The highest BCUT2D eigenvalue weighted by Gasteiger charge is 2.50. The van der Waals surface area contributed by atoms with Gasteiger partial charge in [0.25, 0.3) is 5.91 Å². The number of amides is 4. The number of halogens is 2. The van der Waals surface area contributed by atoms with Crippen molar-refractivity contribution in [1.82, 2.24) is 15.1 Å². The lowest BCUT2D eigenvalue weighted by atomic mass is 9.92. The number of carbonyl (C=O) groups excluding carboxylic acids is 3. The Morgan fingerprint density at radius 2 is 1.67 bits per heavy atom. The SMILES string of the molecule is CC[C@@H](C)N(C(=O)CN1C(=O)N[C@](C)(c2ccc(OC(F)F)cc2)C1=O)[C@@H](C)CC. The number of rotatable bonds is 9. The maximum Gasteiger partial charge on any atom is 0.387 e. The van der Waals surface area contributed by atoms with E-state index < -0.39 is 24.1 Å². The van der Waals surface area contributed by atoms with Crippen LogP contribution < -0.4 is 10.1 Å². The van der Waals surface area contributed by atoms with Crippen LogP contribution >= 0.6 is 0 Å². The summed E-state index contributed by atoms with van der Waals surface area (Å²) in [6.07, 6.45) is 1.50. The molecule has 3 atom stereocenters. The lowest BCUT2D eigenvalue weighted by Gasteiger charge is -2.35. The fourth-order valence-corrected chi connectivity index (χ4v) is 3.54. The average Bonchev–Trinajstić information content (AvgIpc) is 2.91. The second kappa shape index (κ2) is 9.40. The van der Waals surface area contributed by atoms with E-state index in [1.165, 1.54) is 31.2 Å². The van der Waals surface area contributed by atoms with Crippen LogP contribution in [0.15, 0.2) is 24.3 Å². The molecule has 0 aromatic heterocycles. The van der Waals surface area contributed by atoms with Crippen LogP contribution in [0.5, 0.6) is 5.75 Å². The molecule has 2 rings (SSSR count). The molecule has 0 bridgehead atoms. The highest BCUT2D eigenvalue weighted by atomic mass is 19.3. The van der Waals surface area contributed by atoms with Gasteiger partial charge in [-0.15, -0.1) is 0 Å². The number of nitrogens with zero attached hydrogens (tertiary/aromatic N) is 2. The molecule has 1 aliphatic rings. The summed E-state index contributed by atoms with van der Waals surface area (Å²) in [5.74, 6) is -0.928. The number of urea groups is 1. The number of imide groups is 1. The van der Waals surface area contributed by atoms with Gasteiger partial charge in [0, 0.05) is 12.1 Å². The van der Waals surface area contributed by atoms with Crippen molar-refractivity contribution in [3.63, 3.8) is 0 Å². The van der Waals surface area contributed by atoms with Gasteiger partial charge in [0.15, 0.2) is 0 Å². The Balaban J connectivity index is 2.21. The predicted molar refractivity (Wildman–Crippen MR) is 107 cm³/mol. The predicted octanol–water partition coefficient (Wildman–Crippen LogP) is 3.48. The van der Waals surface area contributed by atoms with Crippen molar-refractivity contribution in [2.24, 2.45) is 0 Å². The number of benzene rings is 1. The lowest BCUT2D eigenvalue weighted by Crippen LogP contribution is -2.50. The molecule has 0 spiro atoms. The third-order valence-electron chi connectivity index (χ3n) is 5.64. The Bertz CT molecular complexity index is 777. The summed E-state index contributed by atoms with van der Waals surface area (Å²) in [6.45, 7) is 6.01. The maximum atomic E-state index is 13.1. The fourth-order valence-electron chi connectivity index (χ4n) is 3.54. The van der Waals surface area contributed by atoms with Crippen LogP contribution in [0.2, 0.25) is 0 Å². The summed E-state index contributed by atoms with van der Waals surface area (Å²) >= 11 is 0. The topological polar surface area (TPSA) is 79.0 Å². The quantitative estimate of drug-likeness (QED) is 0.615. The first-order chi connectivity index (χ1) is 14.0. The summed E-state index contributed by atoms with van der Waals surface area (Å²) in [6, 6.07) is 4.75. The van der Waals surface area contributed by atoms with E-state index in [2.05, 4.69) is 10.1 Å². The molecule has 30 heavy (non-hydrogen) atoms. The number of alkyl halides is 2. The standard InChI is InChI=1S/C21H29F2N3O4/c1-6-13(3)26(14(4)7-2)17(27)12-25-18(28)21(5,24-20(25)29)15-8-10-16(11-9-15)30-19(22)23/h8-11,13-14,19H,6-7,12H2,1-5H3,(H,24,29)/t13-,14+,21-/m1/s1. The van der Waals surface area contributed by atoms with Gasteiger partial charge < -0.3 is 15.0 Å². The normalized spacial score (nSPS) is 20.9. The molecule has 1 aromatic carbocycles. The molecule has 1 heterocycles. The number of carbonyl (C=O) groups is 3. The van der Waals surface area contributed by atoms with E-state index in [4.69, 9.17) is 0 Å². The number of ether oxygens (including phenoxy) is 1. The molecule has 0 saturated carbocycles. The molecule has 1 saturated heterocycles. The Morgan fingerprint density at radius 1 is 1.13 bits per heavy atom. The monoisotopic (exact) mass is 425 g/mol. The van der Waals surface area contributed by atoms with Crippen LogP contribution in [0.3, 0.4) is 0 Å². The van der Waals surface area contributed by atoms with Crippen molar-refractivity contribution in [2.75, 3.05) is 6.54 Å². The lowest BCUT2D eigenvalue weighted by molar-refractivity contribution is -0.141. The van der Waals surface area contributed by atoms with Crippen molar-refractivity contribution >= 4 is 17.8 Å². The van der Waals surface area contributed by atoms with Gasteiger partial charge in [-0.3, -0.25) is 14.5 Å². The van der Waals surface area contributed by atoms with Gasteiger partial charge in [0.05, 0.1) is 0 Å². The fraction of sp³-hybridized carbons (Fsp3) is 0.571. The molecule has 166 valence electrons. The Morgan fingerprint density at radius 3 is 2.13 bits per heavy atom. The first kappa shape index (κ1) is 23.6. The molecule has 7 nitrogen and oxygen atoms in total. The zero-order chi connectivity index (χ0) is 22.6. The third kappa shape index (κ3) is 4.71. The molecular weight excluding hydrogens is 396 g/mol. The minimum atomic E-state index is -2.96. The smallest absolute Gasteiger partial charge is 0.387 e. The molecule has 1 N–H and O–H groups in total. The van der Waals surface area contributed by atoms with Crippen LogP contribution in [0.1, 0.15) is 53.0 Å². The van der Waals surface area contributed by atoms with Gasteiger partial charge in [-0.2, -0.15) is 8.78 Å². The van der Waals surface area contributed by atoms with E-state index in [-0.39, 0.29) is 30.3 Å². The van der Waals surface area contributed by atoms with E-state index in [1.54, 1.807) is 4.90 Å². The van der Waals surface area contributed by atoms with E-state index >= 15 is 0 Å².